The Morgan fingerprint density at radius 3 is 2.36 bits per heavy atom. The number of hydrogen-bond donors (Lipinski definition) is 0. The zero-order valence-electron chi connectivity index (χ0n) is 14.4. The van der Waals surface area contributed by atoms with Gasteiger partial charge in [0.15, 0.2) is 0 Å². The number of amides is 1. The van der Waals surface area contributed by atoms with Crippen LogP contribution in [0.2, 0.25) is 5.02 Å². The van der Waals surface area contributed by atoms with Crippen LogP contribution in [0, 0.1) is 11.6 Å². The van der Waals surface area contributed by atoms with Crippen molar-refractivity contribution in [2.24, 2.45) is 0 Å². The lowest BCUT2D eigenvalue weighted by molar-refractivity contribution is 0.0664. The first-order valence-electron chi connectivity index (χ1n) is 8.49. The van der Waals surface area contributed by atoms with Crippen LogP contribution in [-0.4, -0.2) is 17.4 Å². The molecule has 0 bridgehead atoms. The molecule has 0 aliphatic carbocycles. The van der Waals surface area contributed by atoms with E-state index in [0.717, 1.165) is 18.9 Å². The van der Waals surface area contributed by atoms with E-state index in [1.807, 2.05) is 13.8 Å². The predicted octanol–water partition coefficient (Wildman–Crippen LogP) is 6.01. The highest BCUT2D eigenvalue weighted by Gasteiger charge is 2.26. The Morgan fingerprint density at radius 1 is 1.12 bits per heavy atom. The summed E-state index contributed by atoms with van der Waals surface area (Å²) in [7, 11) is 0. The molecule has 0 fully saturated rings. The van der Waals surface area contributed by atoms with Gasteiger partial charge in [-0.25, -0.2) is 8.78 Å². The molecular weight excluding hydrogens is 344 g/mol. The molecule has 1 atom stereocenters. The molecule has 2 aromatic rings. The van der Waals surface area contributed by atoms with E-state index < -0.39 is 17.7 Å². The van der Waals surface area contributed by atoms with Gasteiger partial charge < -0.3 is 4.90 Å². The van der Waals surface area contributed by atoms with Gasteiger partial charge in [0.2, 0.25) is 0 Å². The van der Waals surface area contributed by atoms with Gasteiger partial charge in [0.1, 0.15) is 11.6 Å². The molecule has 2 aromatic carbocycles. The normalized spacial score (nSPS) is 12.0. The molecule has 0 heterocycles. The topological polar surface area (TPSA) is 20.3 Å². The molecule has 0 aromatic heterocycles. The number of unbranched alkanes of at least 4 members (excludes halogenated alkanes) is 1. The smallest absolute Gasteiger partial charge is 0.254 e. The number of hydrogen-bond acceptors (Lipinski definition) is 1. The van der Waals surface area contributed by atoms with Gasteiger partial charge >= 0.3 is 0 Å². The largest absolute Gasteiger partial charge is 0.332 e. The Labute approximate surface area is 152 Å². The lowest BCUT2D eigenvalue weighted by atomic mass is 10.00. The third-order valence-corrected chi connectivity index (χ3v) is 4.44. The molecule has 0 N–H and O–H groups in total. The van der Waals surface area contributed by atoms with E-state index in [-0.39, 0.29) is 5.91 Å². The SMILES string of the molecule is CCCCN(C(=O)c1ccc(Cl)cc1)C(CC)c1ccc(F)cc1F. The van der Waals surface area contributed by atoms with E-state index in [2.05, 4.69) is 0 Å². The van der Waals surface area contributed by atoms with Crippen molar-refractivity contribution in [1.82, 2.24) is 4.90 Å². The first-order valence-corrected chi connectivity index (χ1v) is 8.87. The fraction of sp³-hybridized carbons (Fsp3) is 0.350. The van der Waals surface area contributed by atoms with Gasteiger partial charge in [-0.3, -0.25) is 4.79 Å². The van der Waals surface area contributed by atoms with Crippen molar-refractivity contribution in [3.63, 3.8) is 0 Å². The molecular formula is C20H22ClF2NO. The quantitative estimate of drug-likeness (QED) is 0.588. The van der Waals surface area contributed by atoms with E-state index in [0.29, 0.717) is 29.1 Å². The van der Waals surface area contributed by atoms with Crippen molar-refractivity contribution in [2.75, 3.05) is 6.54 Å². The molecule has 134 valence electrons. The Bertz CT molecular complexity index is 718. The molecule has 0 radical (unpaired) electrons. The number of benzene rings is 2. The van der Waals surface area contributed by atoms with E-state index in [1.54, 1.807) is 29.2 Å². The summed E-state index contributed by atoms with van der Waals surface area (Å²) < 4.78 is 27.5. The third kappa shape index (κ3) is 4.79. The minimum Gasteiger partial charge on any atom is -0.332 e. The average molecular weight is 366 g/mol. The Kier molecular flexibility index (Phi) is 6.94. The highest BCUT2D eigenvalue weighted by molar-refractivity contribution is 6.30. The van der Waals surface area contributed by atoms with Crippen molar-refractivity contribution in [3.05, 3.63) is 70.2 Å². The zero-order chi connectivity index (χ0) is 18.4. The summed E-state index contributed by atoms with van der Waals surface area (Å²) >= 11 is 5.89. The second-order valence-electron chi connectivity index (χ2n) is 5.95. The third-order valence-electron chi connectivity index (χ3n) is 4.19. The second kappa shape index (κ2) is 8.95. The number of halogens is 3. The molecule has 0 saturated carbocycles. The van der Waals surface area contributed by atoms with Crippen molar-refractivity contribution in [2.45, 2.75) is 39.2 Å². The Morgan fingerprint density at radius 2 is 1.80 bits per heavy atom. The molecule has 25 heavy (non-hydrogen) atoms. The molecule has 2 nitrogen and oxygen atoms in total. The summed E-state index contributed by atoms with van der Waals surface area (Å²) in [5, 5.41) is 0.549. The van der Waals surface area contributed by atoms with Gasteiger partial charge in [0.05, 0.1) is 6.04 Å². The fourth-order valence-electron chi connectivity index (χ4n) is 2.87. The zero-order valence-corrected chi connectivity index (χ0v) is 15.2. The molecule has 0 aliphatic heterocycles. The first kappa shape index (κ1) is 19.4. The van der Waals surface area contributed by atoms with Gasteiger partial charge in [0, 0.05) is 28.8 Å². The second-order valence-corrected chi connectivity index (χ2v) is 6.39. The van der Waals surface area contributed by atoms with E-state index >= 15 is 0 Å². The van der Waals surface area contributed by atoms with Crippen LogP contribution in [0.5, 0.6) is 0 Å². The summed E-state index contributed by atoms with van der Waals surface area (Å²) in [4.78, 5) is 14.7. The summed E-state index contributed by atoms with van der Waals surface area (Å²) in [6, 6.07) is 9.71. The van der Waals surface area contributed by atoms with Crippen LogP contribution in [0.4, 0.5) is 8.78 Å². The highest BCUT2D eigenvalue weighted by atomic mass is 35.5. The Balaban J connectivity index is 2.39. The first-order chi connectivity index (χ1) is 12.0. The molecule has 5 heteroatoms. The van der Waals surface area contributed by atoms with Crippen LogP contribution in [0.1, 0.15) is 55.1 Å². The van der Waals surface area contributed by atoms with Gasteiger partial charge in [-0.05, 0) is 43.2 Å². The minimum atomic E-state index is -0.628. The monoisotopic (exact) mass is 365 g/mol. The van der Waals surface area contributed by atoms with E-state index in [4.69, 9.17) is 11.6 Å². The van der Waals surface area contributed by atoms with E-state index in [1.165, 1.54) is 12.1 Å². The van der Waals surface area contributed by atoms with Gasteiger partial charge in [0.25, 0.3) is 5.91 Å². The van der Waals surface area contributed by atoms with Crippen LogP contribution in [0.25, 0.3) is 0 Å². The van der Waals surface area contributed by atoms with Crippen LogP contribution in [0.15, 0.2) is 42.5 Å². The Hall–Kier alpha value is -1.94. The van der Waals surface area contributed by atoms with Gasteiger partial charge in [-0.2, -0.15) is 0 Å². The lowest BCUT2D eigenvalue weighted by Gasteiger charge is -2.32. The fourth-order valence-corrected chi connectivity index (χ4v) is 2.99. The van der Waals surface area contributed by atoms with Crippen LogP contribution in [0.3, 0.4) is 0 Å². The summed E-state index contributed by atoms with van der Waals surface area (Å²) in [6.07, 6.45) is 2.25. The van der Waals surface area contributed by atoms with Crippen molar-refractivity contribution in [1.29, 1.82) is 0 Å². The van der Waals surface area contributed by atoms with Crippen LogP contribution >= 0.6 is 11.6 Å². The van der Waals surface area contributed by atoms with Gasteiger partial charge in [-0.1, -0.05) is 37.9 Å². The molecule has 0 spiro atoms. The molecule has 0 saturated heterocycles. The maximum absolute atomic E-state index is 14.3. The predicted molar refractivity (Wildman–Crippen MR) is 96.8 cm³/mol. The number of rotatable bonds is 7. The maximum Gasteiger partial charge on any atom is 0.254 e. The number of carbonyl (C=O) groups excluding carboxylic acids is 1. The van der Waals surface area contributed by atoms with Crippen molar-refractivity contribution in [3.8, 4) is 0 Å². The summed E-state index contributed by atoms with van der Waals surface area (Å²) in [5.41, 5.74) is 0.837. The maximum atomic E-state index is 14.3. The molecule has 1 unspecified atom stereocenters. The average Bonchev–Trinajstić information content (AvgIpc) is 2.60. The van der Waals surface area contributed by atoms with Crippen molar-refractivity contribution >= 4 is 17.5 Å². The molecule has 2 rings (SSSR count). The standard InChI is InChI=1S/C20H22ClF2NO/c1-3-5-12-24(20(25)14-6-8-15(21)9-7-14)19(4-2)17-11-10-16(22)13-18(17)23/h6-11,13,19H,3-5,12H2,1-2H3. The van der Waals surface area contributed by atoms with Crippen molar-refractivity contribution < 1.29 is 13.6 Å². The van der Waals surface area contributed by atoms with Crippen LogP contribution in [-0.2, 0) is 0 Å². The van der Waals surface area contributed by atoms with Crippen LogP contribution < -0.4 is 0 Å². The number of carbonyl (C=O) groups is 1. The minimum absolute atomic E-state index is 0.180. The highest BCUT2D eigenvalue weighted by Crippen LogP contribution is 2.29. The summed E-state index contributed by atoms with van der Waals surface area (Å²) in [5.74, 6) is -1.43. The molecule has 1 amide bonds. The van der Waals surface area contributed by atoms with Gasteiger partial charge in [-0.15, -0.1) is 0 Å². The molecule has 0 aliphatic rings. The van der Waals surface area contributed by atoms with E-state index in [9.17, 15) is 13.6 Å². The lowest BCUT2D eigenvalue weighted by Crippen LogP contribution is -2.36. The summed E-state index contributed by atoms with van der Waals surface area (Å²) in [6.45, 7) is 4.43. The number of nitrogens with zero attached hydrogens (tertiary/aromatic N) is 1.